The lowest BCUT2D eigenvalue weighted by atomic mass is 10.1. The van der Waals surface area contributed by atoms with Crippen molar-refractivity contribution in [2.75, 3.05) is 12.0 Å². The summed E-state index contributed by atoms with van der Waals surface area (Å²) in [6, 6.07) is 11.0. The van der Waals surface area contributed by atoms with Crippen LogP contribution in [0.2, 0.25) is 0 Å². The molecule has 2 amide bonds. The quantitative estimate of drug-likeness (QED) is 0.454. The minimum absolute atomic E-state index is 0.0174. The lowest BCUT2D eigenvalue weighted by Crippen LogP contribution is -2.47. The summed E-state index contributed by atoms with van der Waals surface area (Å²) >= 11 is 1.52. The Morgan fingerprint density at radius 1 is 0.933 bits per heavy atom. The maximum Gasteiger partial charge on any atom is 0.336 e. The smallest absolute Gasteiger partial charge is 0.336 e. The number of rotatable bonds is 10. The summed E-state index contributed by atoms with van der Waals surface area (Å²) in [6.07, 6.45) is 2.24. The Morgan fingerprint density at radius 3 is 2.13 bits per heavy atom. The van der Waals surface area contributed by atoms with E-state index in [0.717, 1.165) is 0 Å². The zero-order chi connectivity index (χ0) is 22.1. The topological polar surface area (TPSA) is 133 Å². The first-order valence-corrected chi connectivity index (χ1v) is 10.4. The molecule has 2 aromatic rings. The molecule has 0 aromatic heterocycles. The highest BCUT2D eigenvalue weighted by Crippen LogP contribution is 2.11. The molecule has 30 heavy (non-hydrogen) atoms. The molecule has 4 N–H and O–H groups in total. The van der Waals surface area contributed by atoms with Crippen LogP contribution in [0.1, 0.15) is 43.1 Å². The van der Waals surface area contributed by atoms with E-state index in [2.05, 4.69) is 10.6 Å². The number of carbonyl (C=O) groups is 4. The Hall–Kier alpha value is -3.33. The summed E-state index contributed by atoms with van der Waals surface area (Å²) in [7, 11) is 0. The van der Waals surface area contributed by atoms with Gasteiger partial charge in [0.25, 0.3) is 5.91 Å². The van der Waals surface area contributed by atoms with Crippen molar-refractivity contribution in [1.29, 1.82) is 0 Å². The molecule has 8 nitrogen and oxygen atoms in total. The number of hydrogen-bond donors (Lipinski definition) is 4. The molecule has 0 unspecified atom stereocenters. The maximum atomic E-state index is 12.6. The van der Waals surface area contributed by atoms with Crippen LogP contribution < -0.4 is 10.6 Å². The fourth-order valence-electron chi connectivity index (χ4n) is 2.69. The van der Waals surface area contributed by atoms with E-state index in [1.54, 1.807) is 18.2 Å². The molecule has 0 saturated carbocycles. The van der Waals surface area contributed by atoms with Gasteiger partial charge in [0.2, 0.25) is 5.91 Å². The van der Waals surface area contributed by atoms with Crippen molar-refractivity contribution in [3.8, 4) is 0 Å². The van der Waals surface area contributed by atoms with Gasteiger partial charge < -0.3 is 20.8 Å². The van der Waals surface area contributed by atoms with Crippen LogP contribution in [0.5, 0.6) is 0 Å². The minimum atomic E-state index is -1.23. The van der Waals surface area contributed by atoms with Gasteiger partial charge in [0.05, 0.1) is 16.7 Å². The molecule has 0 aliphatic heterocycles. The summed E-state index contributed by atoms with van der Waals surface area (Å²) in [5, 5.41) is 23.5. The first-order chi connectivity index (χ1) is 14.3. The van der Waals surface area contributed by atoms with Gasteiger partial charge in [0, 0.05) is 6.54 Å². The van der Waals surface area contributed by atoms with Gasteiger partial charge in [-0.25, -0.2) is 9.59 Å². The number of aromatic carboxylic acids is 2. The summed E-state index contributed by atoms with van der Waals surface area (Å²) in [6.45, 7) is 0.163. The summed E-state index contributed by atoms with van der Waals surface area (Å²) < 4.78 is 0. The first-order valence-electron chi connectivity index (χ1n) is 9.05. The van der Waals surface area contributed by atoms with E-state index in [-0.39, 0.29) is 23.2 Å². The average molecular weight is 430 g/mol. The van der Waals surface area contributed by atoms with Crippen LogP contribution in [0.25, 0.3) is 0 Å². The molecule has 2 rings (SSSR count). The van der Waals surface area contributed by atoms with Gasteiger partial charge in [-0.3, -0.25) is 9.59 Å². The van der Waals surface area contributed by atoms with E-state index >= 15 is 0 Å². The highest BCUT2D eigenvalue weighted by molar-refractivity contribution is 7.98. The van der Waals surface area contributed by atoms with Crippen molar-refractivity contribution in [1.82, 2.24) is 10.6 Å². The van der Waals surface area contributed by atoms with Crippen molar-refractivity contribution in [2.24, 2.45) is 0 Å². The predicted octanol–water partition coefficient (Wildman–Crippen LogP) is 2.25. The fourth-order valence-corrected chi connectivity index (χ4v) is 3.16. The highest BCUT2D eigenvalue weighted by atomic mass is 32.2. The van der Waals surface area contributed by atoms with Gasteiger partial charge in [-0.05, 0) is 48.3 Å². The van der Waals surface area contributed by atoms with E-state index in [0.29, 0.717) is 17.7 Å². The summed E-state index contributed by atoms with van der Waals surface area (Å²) in [5.74, 6) is -2.69. The Balaban J connectivity index is 2.07. The van der Waals surface area contributed by atoms with Crippen molar-refractivity contribution < 1.29 is 29.4 Å². The molecule has 158 valence electrons. The number of nitrogens with one attached hydrogen (secondary N) is 2. The maximum absolute atomic E-state index is 12.6. The second-order valence-electron chi connectivity index (χ2n) is 6.38. The van der Waals surface area contributed by atoms with E-state index in [9.17, 15) is 24.3 Å². The second kappa shape index (κ2) is 11.0. The molecule has 1 atom stereocenters. The van der Waals surface area contributed by atoms with Crippen molar-refractivity contribution in [3.05, 3.63) is 70.8 Å². The molecular weight excluding hydrogens is 408 g/mol. The van der Waals surface area contributed by atoms with E-state index in [4.69, 9.17) is 5.11 Å². The van der Waals surface area contributed by atoms with E-state index < -0.39 is 29.8 Å². The molecule has 0 bridgehead atoms. The normalized spacial score (nSPS) is 11.4. The minimum Gasteiger partial charge on any atom is -0.478 e. The first kappa shape index (κ1) is 23.0. The van der Waals surface area contributed by atoms with Gasteiger partial charge in [-0.2, -0.15) is 11.8 Å². The zero-order valence-electron chi connectivity index (χ0n) is 16.3. The van der Waals surface area contributed by atoms with Crippen LogP contribution >= 0.6 is 11.8 Å². The lowest BCUT2D eigenvalue weighted by molar-refractivity contribution is -0.123. The number of carboxylic acids is 2. The predicted molar refractivity (Wildman–Crippen MR) is 113 cm³/mol. The molecule has 0 radical (unpaired) electrons. The molecular formula is C21H22N2O6S. The number of thioether (sulfide) groups is 1. The Labute approximate surface area is 177 Å². The second-order valence-corrected chi connectivity index (χ2v) is 7.36. The summed E-state index contributed by atoms with van der Waals surface area (Å²) in [5.41, 5.74) is 0.695. The van der Waals surface area contributed by atoms with Gasteiger partial charge in [0.15, 0.2) is 0 Å². The van der Waals surface area contributed by atoms with Crippen molar-refractivity contribution in [3.63, 3.8) is 0 Å². The van der Waals surface area contributed by atoms with Crippen LogP contribution in [0, 0.1) is 0 Å². The molecule has 2 aromatic carbocycles. The fraction of sp³-hybridized carbons (Fsp3) is 0.238. The van der Waals surface area contributed by atoms with Crippen molar-refractivity contribution >= 4 is 35.5 Å². The molecule has 9 heteroatoms. The van der Waals surface area contributed by atoms with Crippen molar-refractivity contribution in [2.45, 2.75) is 19.0 Å². The number of hydrogen-bond acceptors (Lipinski definition) is 5. The van der Waals surface area contributed by atoms with Gasteiger partial charge in [-0.1, -0.05) is 24.3 Å². The molecule has 0 spiro atoms. The van der Waals surface area contributed by atoms with Crippen LogP contribution in [-0.4, -0.2) is 52.0 Å². The third-order valence-electron chi connectivity index (χ3n) is 4.30. The van der Waals surface area contributed by atoms with Gasteiger partial charge >= 0.3 is 11.9 Å². The van der Waals surface area contributed by atoms with Crippen LogP contribution in [-0.2, 0) is 11.3 Å². The third kappa shape index (κ3) is 6.35. The van der Waals surface area contributed by atoms with Crippen LogP contribution in [0.15, 0.2) is 48.5 Å². The Morgan fingerprint density at radius 2 is 1.57 bits per heavy atom. The van der Waals surface area contributed by atoms with E-state index in [1.165, 1.54) is 42.1 Å². The molecule has 0 heterocycles. The SMILES string of the molecule is CSCC[C@@H](NC(=O)c1ccccc1C(=O)O)C(=O)NCc1ccc(C(=O)O)cc1. The monoisotopic (exact) mass is 430 g/mol. The molecule has 0 aliphatic carbocycles. The largest absolute Gasteiger partial charge is 0.478 e. The average Bonchev–Trinajstić information content (AvgIpc) is 2.74. The number of carbonyl (C=O) groups excluding carboxylic acids is 2. The third-order valence-corrected chi connectivity index (χ3v) is 4.95. The van der Waals surface area contributed by atoms with Gasteiger partial charge in [0.1, 0.15) is 6.04 Å². The number of carboxylic acid groups (broad SMARTS) is 2. The van der Waals surface area contributed by atoms with Crippen LogP contribution in [0.4, 0.5) is 0 Å². The Bertz CT molecular complexity index is 929. The standard InChI is InChI=1S/C21H22N2O6S/c1-30-11-10-17(23-18(24)15-4-2-3-5-16(15)21(28)29)19(25)22-12-13-6-8-14(9-7-13)20(26)27/h2-9,17H,10-12H2,1H3,(H,22,25)(H,23,24)(H,26,27)(H,28,29)/t17-/m1/s1. The highest BCUT2D eigenvalue weighted by Gasteiger charge is 2.23. The van der Waals surface area contributed by atoms with Crippen LogP contribution in [0.3, 0.4) is 0 Å². The summed E-state index contributed by atoms with van der Waals surface area (Å²) in [4.78, 5) is 47.5. The zero-order valence-corrected chi connectivity index (χ0v) is 17.1. The van der Waals surface area contributed by atoms with E-state index in [1.807, 2.05) is 6.26 Å². The molecule has 0 fully saturated rings. The Kier molecular flexibility index (Phi) is 8.42. The van der Waals surface area contributed by atoms with Gasteiger partial charge in [-0.15, -0.1) is 0 Å². The number of amides is 2. The lowest BCUT2D eigenvalue weighted by Gasteiger charge is -2.19. The molecule has 0 saturated heterocycles. The number of benzene rings is 2. The molecule has 0 aliphatic rings.